The summed E-state index contributed by atoms with van der Waals surface area (Å²) in [5.41, 5.74) is -1.10. The highest BCUT2D eigenvalue weighted by Crippen LogP contribution is 2.30. The van der Waals surface area contributed by atoms with Crippen LogP contribution < -0.4 is 14.2 Å². The summed E-state index contributed by atoms with van der Waals surface area (Å²) in [6.45, 7) is 3.18. The normalized spacial score (nSPS) is 10.9. The van der Waals surface area contributed by atoms with E-state index in [1.165, 1.54) is 14.2 Å². The Morgan fingerprint density at radius 1 is 1.06 bits per heavy atom. The van der Waals surface area contributed by atoms with Gasteiger partial charge in [-0.05, 0) is 25.4 Å². The molecule has 0 heterocycles. The largest absolute Gasteiger partial charge is 0.496 e. The van der Waals surface area contributed by atoms with Crippen molar-refractivity contribution >= 4 is 16.8 Å². The van der Waals surface area contributed by atoms with Crippen molar-refractivity contribution in [3.8, 4) is 17.2 Å². The molecule has 0 unspecified atom stereocenters. The minimum atomic E-state index is -1.10. The van der Waals surface area contributed by atoms with Gasteiger partial charge in [-0.15, -0.1) is 0 Å². The summed E-state index contributed by atoms with van der Waals surface area (Å²) in [6, 6.07) is 5.02. The summed E-state index contributed by atoms with van der Waals surface area (Å²) in [6.07, 6.45) is 0. The number of carbonyl (C=O) groups excluding carboxylic acids is 1. The lowest BCUT2D eigenvalue weighted by Gasteiger charge is -2.22. The van der Waals surface area contributed by atoms with Crippen LogP contribution in [0.25, 0.3) is 0 Å². The molecule has 17 heavy (non-hydrogen) atoms. The number of ether oxygens (including phenoxy) is 3. The number of hydrogen-bond donors (Lipinski definition) is 0. The molecule has 0 atom stereocenters. The number of methoxy groups -OCH3 is 2. The molecular formula is C12H15ClO4. The molecule has 0 spiro atoms. The number of benzene rings is 1. The lowest BCUT2D eigenvalue weighted by molar-refractivity contribution is -0.123. The first-order valence-electron chi connectivity index (χ1n) is 5.01. The zero-order valence-electron chi connectivity index (χ0n) is 10.2. The van der Waals surface area contributed by atoms with Gasteiger partial charge in [0.05, 0.1) is 14.2 Å². The predicted molar refractivity (Wildman–Crippen MR) is 65.1 cm³/mol. The summed E-state index contributed by atoms with van der Waals surface area (Å²) in [7, 11) is 3.08. The lowest BCUT2D eigenvalue weighted by Crippen LogP contribution is -2.34. The van der Waals surface area contributed by atoms with E-state index in [0.717, 1.165) is 0 Å². The van der Waals surface area contributed by atoms with Gasteiger partial charge >= 0.3 is 0 Å². The van der Waals surface area contributed by atoms with Gasteiger partial charge < -0.3 is 14.2 Å². The van der Waals surface area contributed by atoms with E-state index in [9.17, 15) is 4.79 Å². The first-order valence-corrected chi connectivity index (χ1v) is 5.39. The second-order valence-electron chi connectivity index (χ2n) is 3.93. The van der Waals surface area contributed by atoms with Crippen LogP contribution in [0, 0.1) is 0 Å². The minimum absolute atomic E-state index is 0.459. The van der Waals surface area contributed by atoms with E-state index >= 15 is 0 Å². The second kappa shape index (κ2) is 5.27. The van der Waals surface area contributed by atoms with Gasteiger partial charge in [0.2, 0.25) is 0 Å². The minimum Gasteiger partial charge on any atom is -0.496 e. The molecule has 0 radical (unpaired) electrons. The highest BCUT2D eigenvalue weighted by Gasteiger charge is 2.28. The summed E-state index contributed by atoms with van der Waals surface area (Å²) in [5, 5.41) is -0.570. The Kier molecular flexibility index (Phi) is 4.23. The third kappa shape index (κ3) is 3.53. The van der Waals surface area contributed by atoms with Crippen molar-refractivity contribution in [1.29, 1.82) is 0 Å². The maximum absolute atomic E-state index is 11.2. The van der Waals surface area contributed by atoms with Gasteiger partial charge in [0, 0.05) is 18.2 Å². The summed E-state index contributed by atoms with van der Waals surface area (Å²) >= 11 is 5.44. The summed E-state index contributed by atoms with van der Waals surface area (Å²) < 4.78 is 15.7. The topological polar surface area (TPSA) is 44.8 Å². The average molecular weight is 259 g/mol. The molecule has 94 valence electrons. The van der Waals surface area contributed by atoms with Gasteiger partial charge in [0.1, 0.15) is 17.2 Å². The number of carbonyl (C=O) groups is 1. The molecule has 1 aromatic carbocycles. The third-order valence-electron chi connectivity index (χ3n) is 2.17. The van der Waals surface area contributed by atoms with E-state index in [2.05, 4.69) is 0 Å². The van der Waals surface area contributed by atoms with E-state index < -0.39 is 10.8 Å². The Bertz CT molecular complexity index is 393. The SMILES string of the molecule is COc1cc(OC)cc(OC(C)(C)C(=O)Cl)c1. The fourth-order valence-corrected chi connectivity index (χ4v) is 1.21. The van der Waals surface area contributed by atoms with Crippen LogP contribution in [0.5, 0.6) is 17.2 Å². The van der Waals surface area contributed by atoms with Crippen molar-refractivity contribution in [3.63, 3.8) is 0 Å². The van der Waals surface area contributed by atoms with Crippen molar-refractivity contribution in [1.82, 2.24) is 0 Å². The van der Waals surface area contributed by atoms with E-state index in [4.69, 9.17) is 25.8 Å². The van der Waals surface area contributed by atoms with Crippen LogP contribution in [0.3, 0.4) is 0 Å². The van der Waals surface area contributed by atoms with Crippen LogP contribution in [0.2, 0.25) is 0 Å². The lowest BCUT2D eigenvalue weighted by atomic mass is 10.1. The molecule has 0 N–H and O–H groups in total. The van der Waals surface area contributed by atoms with Crippen molar-refractivity contribution in [2.24, 2.45) is 0 Å². The van der Waals surface area contributed by atoms with Crippen LogP contribution in [0.15, 0.2) is 18.2 Å². The van der Waals surface area contributed by atoms with Crippen molar-refractivity contribution < 1.29 is 19.0 Å². The Labute approximate surface area is 105 Å². The Morgan fingerprint density at radius 3 is 1.82 bits per heavy atom. The van der Waals surface area contributed by atoms with Gasteiger partial charge in [-0.2, -0.15) is 0 Å². The first kappa shape index (κ1) is 13.6. The van der Waals surface area contributed by atoms with Crippen LogP contribution in [0.4, 0.5) is 0 Å². The molecule has 4 nitrogen and oxygen atoms in total. The monoisotopic (exact) mass is 258 g/mol. The molecule has 0 saturated carbocycles. The fraction of sp³-hybridized carbons (Fsp3) is 0.417. The molecule has 0 bridgehead atoms. The zero-order valence-corrected chi connectivity index (χ0v) is 11.0. The summed E-state index contributed by atoms with van der Waals surface area (Å²) in [4.78, 5) is 11.2. The summed E-state index contributed by atoms with van der Waals surface area (Å²) in [5.74, 6) is 1.62. The third-order valence-corrected chi connectivity index (χ3v) is 2.63. The molecule has 0 amide bonds. The molecule has 0 fully saturated rings. The van der Waals surface area contributed by atoms with Crippen LogP contribution >= 0.6 is 11.6 Å². The molecule has 5 heteroatoms. The van der Waals surface area contributed by atoms with E-state index in [1.807, 2.05) is 0 Å². The maximum atomic E-state index is 11.2. The standard InChI is InChI=1S/C12H15ClO4/c1-12(2,11(13)14)17-10-6-8(15-3)5-9(7-10)16-4/h5-7H,1-4H3. The van der Waals surface area contributed by atoms with Crippen LogP contribution in [-0.4, -0.2) is 25.1 Å². The highest BCUT2D eigenvalue weighted by molar-refractivity contribution is 6.65. The Morgan fingerprint density at radius 2 is 1.47 bits per heavy atom. The Hall–Kier alpha value is -1.42. The van der Waals surface area contributed by atoms with Gasteiger partial charge in [-0.1, -0.05) is 0 Å². The van der Waals surface area contributed by atoms with E-state index in [1.54, 1.807) is 32.0 Å². The van der Waals surface area contributed by atoms with Gasteiger partial charge in [-0.25, -0.2) is 0 Å². The molecular weight excluding hydrogens is 244 g/mol. The van der Waals surface area contributed by atoms with E-state index in [-0.39, 0.29) is 0 Å². The predicted octanol–water partition coefficient (Wildman–Crippen LogP) is 2.63. The van der Waals surface area contributed by atoms with Crippen molar-refractivity contribution in [2.75, 3.05) is 14.2 Å². The second-order valence-corrected chi connectivity index (χ2v) is 4.28. The number of rotatable bonds is 5. The smallest absolute Gasteiger partial charge is 0.264 e. The molecule has 1 rings (SSSR count). The van der Waals surface area contributed by atoms with E-state index in [0.29, 0.717) is 17.2 Å². The van der Waals surface area contributed by atoms with Crippen LogP contribution in [0.1, 0.15) is 13.8 Å². The van der Waals surface area contributed by atoms with Gasteiger partial charge in [-0.3, -0.25) is 4.79 Å². The first-order chi connectivity index (χ1) is 7.89. The zero-order chi connectivity index (χ0) is 13.1. The molecule has 1 aromatic rings. The highest BCUT2D eigenvalue weighted by atomic mass is 35.5. The van der Waals surface area contributed by atoms with Gasteiger partial charge in [0.15, 0.2) is 5.60 Å². The molecule has 0 aliphatic carbocycles. The number of hydrogen-bond acceptors (Lipinski definition) is 4. The fourth-order valence-electron chi connectivity index (χ4n) is 1.18. The number of halogens is 1. The molecule has 0 aliphatic heterocycles. The van der Waals surface area contributed by atoms with Crippen molar-refractivity contribution in [2.45, 2.75) is 19.4 Å². The molecule has 0 aromatic heterocycles. The average Bonchev–Trinajstić information content (AvgIpc) is 2.27. The molecule has 0 aliphatic rings. The Balaban J connectivity index is 3.02. The maximum Gasteiger partial charge on any atom is 0.264 e. The molecule has 0 saturated heterocycles. The quantitative estimate of drug-likeness (QED) is 0.762. The van der Waals surface area contributed by atoms with Gasteiger partial charge in [0.25, 0.3) is 5.24 Å². The van der Waals surface area contributed by atoms with Crippen LogP contribution in [-0.2, 0) is 4.79 Å². The van der Waals surface area contributed by atoms with Crippen molar-refractivity contribution in [3.05, 3.63) is 18.2 Å².